The van der Waals surface area contributed by atoms with Gasteiger partial charge in [-0.1, -0.05) is 0 Å². The van der Waals surface area contributed by atoms with Crippen molar-refractivity contribution in [2.24, 2.45) is 0 Å². The number of hydrogen-bond acceptors (Lipinski definition) is 6. The lowest BCUT2D eigenvalue weighted by Crippen LogP contribution is -2.13. The lowest BCUT2D eigenvalue weighted by atomic mass is 10.3. The summed E-state index contributed by atoms with van der Waals surface area (Å²) >= 11 is 0. The van der Waals surface area contributed by atoms with Crippen molar-refractivity contribution >= 4 is 0 Å². The highest BCUT2D eigenvalue weighted by molar-refractivity contribution is 5.45. The zero-order valence-electron chi connectivity index (χ0n) is 11.4. The minimum atomic E-state index is 0.135. The summed E-state index contributed by atoms with van der Waals surface area (Å²) in [5.74, 6) is 1.22. The van der Waals surface area contributed by atoms with E-state index in [4.69, 9.17) is 23.7 Å². The van der Waals surface area contributed by atoms with Crippen LogP contribution in [0.15, 0.2) is 18.2 Å². The van der Waals surface area contributed by atoms with Crippen LogP contribution in [0.4, 0.5) is 0 Å². The normalized spacial score (nSPS) is 18.8. The molecule has 0 spiro atoms. The Morgan fingerprint density at radius 2 is 1.15 bits per heavy atom. The molecule has 0 saturated carbocycles. The van der Waals surface area contributed by atoms with Crippen LogP contribution in [-0.4, -0.2) is 58.0 Å². The van der Waals surface area contributed by atoms with Crippen LogP contribution in [0.5, 0.6) is 17.2 Å². The van der Waals surface area contributed by atoms with Crippen LogP contribution in [0.2, 0.25) is 0 Å². The smallest absolute Gasteiger partial charge is 0.164 e. The number of fused-ring (bicyclic) bond motifs is 1. The van der Waals surface area contributed by atoms with Crippen molar-refractivity contribution in [1.29, 1.82) is 0 Å². The first-order valence-electron chi connectivity index (χ1n) is 6.68. The van der Waals surface area contributed by atoms with Gasteiger partial charge < -0.3 is 28.8 Å². The molecule has 1 aromatic carbocycles. The first kappa shape index (κ1) is 14.9. The standard InChI is InChI=1S/C14H20O6/c15-12-1-2-13-14(11-12)20-10-8-18-6-4-16-3-5-17-7-9-19-13/h1-2,11,15H,3-10H2. The molecule has 0 aromatic heterocycles. The second-order valence-corrected chi connectivity index (χ2v) is 4.17. The first-order valence-corrected chi connectivity index (χ1v) is 6.68. The third kappa shape index (κ3) is 5.24. The molecule has 1 aliphatic heterocycles. The Morgan fingerprint density at radius 1 is 0.650 bits per heavy atom. The SMILES string of the molecule is Oc1ccc2c(c1)OCCOCCOCCOCCO2. The van der Waals surface area contributed by atoms with Crippen molar-refractivity contribution in [3.8, 4) is 17.2 Å². The number of phenols is 1. The van der Waals surface area contributed by atoms with Gasteiger partial charge in [0, 0.05) is 6.07 Å². The summed E-state index contributed by atoms with van der Waals surface area (Å²) in [6, 6.07) is 4.76. The summed E-state index contributed by atoms with van der Waals surface area (Å²) < 4.78 is 27.2. The van der Waals surface area contributed by atoms with Crippen molar-refractivity contribution < 1.29 is 28.8 Å². The number of rotatable bonds is 0. The highest BCUT2D eigenvalue weighted by Crippen LogP contribution is 2.30. The molecule has 1 aliphatic rings. The summed E-state index contributed by atoms with van der Waals surface area (Å²) in [4.78, 5) is 0. The predicted molar refractivity (Wildman–Crippen MR) is 71.6 cm³/mol. The minimum Gasteiger partial charge on any atom is -0.508 e. The Balaban J connectivity index is 1.93. The van der Waals surface area contributed by atoms with E-state index in [0.29, 0.717) is 64.4 Å². The van der Waals surface area contributed by atoms with Crippen molar-refractivity contribution in [1.82, 2.24) is 0 Å². The zero-order chi connectivity index (χ0) is 14.0. The van der Waals surface area contributed by atoms with Crippen LogP contribution in [0.1, 0.15) is 0 Å². The van der Waals surface area contributed by atoms with E-state index in [1.807, 2.05) is 0 Å². The van der Waals surface area contributed by atoms with E-state index in [-0.39, 0.29) is 5.75 Å². The highest BCUT2D eigenvalue weighted by atomic mass is 16.6. The van der Waals surface area contributed by atoms with Gasteiger partial charge >= 0.3 is 0 Å². The largest absolute Gasteiger partial charge is 0.508 e. The molecule has 2 rings (SSSR count). The fraction of sp³-hybridized carbons (Fsp3) is 0.571. The number of aromatic hydroxyl groups is 1. The van der Waals surface area contributed by atoms with Gasteiger partial charge in [-0.2, -0.15) is 0 Å². The Morgan fingerprint density at radius 3 is 1.75 bits per heavy atom. The number of hydrogen-bond donors (Lipinski definition) is 1. The van der Waals surface area contributed by atoms with E-state index in [2.05, 4.69) is 0 Å². The molecular weight excluding hydrogens is 264 g/mol. The Labute approximate surface area is 118 Å². The van der Waals surface area contributed by atoms with Crippen molar-refractivity contribution in [2.45, 2.75) is 0 Å². The summed E-state index contributed by atoms with van der Waals surface area (Å²) in [6.45, 7) is 3.86. The number of ether oxygens (including phenoxy) is 5. The third-order valence-corrected chi connectivity index (χ3v) is 2.64. The molecule has 112 valence electrons. The molecule has 0 saturated heterocycles. The molecule has 0 amide bonds. The summed E-state index contributed by atoms with van der Waals surface area (Å²) in [5.41, 5.74) is 0. The first-order chi connectivity index (χ1) is 9.86. The maximum Gasteiger partial charge on any atom is 0.164 e. The maximum absolute atomic E-state index is 9.49. The van der Waals surface area contributed by atoms with Crippen molar-refractivity contribution in [3.05, 3.63) is 18.2 Å². The van der Waals surface area contributed by atoms with Crippen molar-refractivity contribution in [2.75, 3.05) is 52.9 Å². The molecule has 1 heterocycles. The van der Waals surface area contributed by atoms with E-state index < -0.39 is 0 Å². The molecule has 20 heavy (non-hydrogen) atoms. The topological polar surface area (TPSA) is 66.4 Å². The molecule has 0 atom stereocenters. The molecule has 1 N–H and O–H groups in total. The molecule has 0 fully saturated rings. The van der Waals surface area contributed by atoms with Gasteiger partial charge in [-0.05, 0) is 12.1 Å². The Kier molecular flexibility index (Phi) is 6.43. The molecule has 0 unspecified atom stereocenters. The van der Waals surface area contributed by atoms with Gasteiger partial charge in [0.15, 0.2) is 11.5 Å². The van der Waals surface area contributed by atoms with Crippen LogP contribution >= 0.6 is 0 Å². The predicted octanol–water partition coefficient (Wildman–Crippen LogP) is 1.21. The molecule has 0 bridgehead atoms. The second-order valence-electron chi connectivity index (χ2n) is 4.17. The summed E-state index contributed by atoms with van der Waals surface area (Å²) in [7, 11) is 0. The van der Waals surface area contributed by atoms with Gasteiger partial charge in [0.2, 0.25) is 0 Å². The van der Waals surface area contributed by atoms with Gasteiger partial charge in [0.1, 0.15) is 19.0 Å². The van der Waals surface area contributed by atoms with Crippen LogP contribution in [-0.2, 0) is 14.2 Å². The van der Waals surface area contributed by atoms with E-state index in [1.165, 1.54) is 6.07 Å². The molecule has 0 aliphatic carbocycles. The second kappa shape index (κ2) is 8.63. The van der Waals surface area contributed by atoms with Gasteiger partial charge in [0.05, 0.1) is 39.6 Å². The van der Waals surface area contributed by atoms with Crippen LogP contribution in [0, 0.1) is 0 Å². The van der Waals surface area contributed by atoms with Crippen molar-refractivity contribution in [3.63, 3.8) is 0 Å². The average molecular weight is 284 g/mol. The van der Waals surface area contributed by atoms with Crippen LogP contribution in [0.3, 0.4) is 0 Å². The Hall–Kier alpha value is -1.50. The average Bonchev–Trinajstić information content (AvgIpc) is 2.45. The quantitative estimate of drug-likeness (QED) is 0.772. The fourth-order valence-corrected chi connectivity index (χ4v) is 1.69. The highest BCUT2D eigenvalue weighted by Gasteiger charge is 2.07. The lowest BCUT2D eigenvalue weighted by Gasteiger charge is -2.13. The Bertz CT molecular complexity index is 395. The zero-order valence-corrected chi connectivity index (χ0v) is 11.4. The van der Waals surface area contributed by atoms with E-state index in [9.17, 15) is 5.11 Å². The number of phenolic OH excluding ortho intramolecular Hbond substituents is 1. The molecule has 0 radical (unpaired) electrons. The van der Waals surface area contributed by atoms with Gasteiger partial charge in [-0.25, -0.2) is 0 Å². The third-order valence-electron chi connectivity index (χ3n) is 2.64. The van der Waals surface area contributed by atoms with E-state index in [0.717, 1.165) is 0 Å². The molecule has 1 aromatic rings. The van der Waals surface area contributed by atoms with Crippen LogP contribution in [0.25, 0.3) is 0 Å². The van der Waals surface area contributed by atoms with Gasteiger partial charge in [-0.15, -0.1) is 0 Å². The maximum atomic E-state index is 9.49. The number of benzene rings is 1. The van der Waals surface area contributed by atoms with E-state index in [1.54, 1.807) is 12.1 Å². The van der Waals surface area contributed by atoms with Crippen LogP contribution < -0.4 is 9.47 Å². The fourth-order valence-electron chi connectivity index (χ4n) is 1.69. The monoisotopic (exact) mass is 284 g/mol. The van der Waals surface area contributed by atoms with E-state index >= 15 is 0 Å². The molecule has 6 heteroatoms. The minimum absolute atomic E-state index is 0.135. The molecule has 6 nitrogen and oxygen atoms in total. The van der Waals surface area contributed by atoms with Gasteiger partial charge in [-0.3, -0.25) is 0 Å². The summed E-state index contributed by atoms with van der Waals surface area (Å²) in [6.07, 6.45) is 0. The lowest BCUT2D eigenvalue weighted by molar-refractivity contribution is 0.00708. The summed E-state index contributed by atoms with van der Waals surface area (Å²) in [5, 5.41) is 9.49. The molecular formula is C14H20O6. The van der Waals surface area contributed by atoms with Gasteiger partial charge in [0.25, 0.3) is 0 Å².